The highest BCUT2D eigenvalue weighted by atomic mass is 35.5. The molecule has 0 atom stereocenters. The van der Waals surface area contributed by atoms with Crippen molar-refractivity contribution in [3.63, 3.8) is 0 Å². The van der Waals surface area contributed by atoms with Crippen molar-refractivity contribution in [3.05, 3.63) is 35.5 Å². The largest absolute Gasteiger partial charge is 0.342 e. The summed E-state index contributed by atoms with van der Waals surface area (Å²) in [6.45, 7) is 5.77. The Morgan fingerprint density at radius 3 is 3.00 bits per heavy atom. The predicted octanol–water partition coefficient (Wildman–Crippen LogP) is 2.71. The Hall–Kier alpha value is -1.02. The van der Waals surface area contributed by atoms with Crippen LogP contribution in [0.2, 0.25) is 5.02 Å². The number of benzene rings is 1. The molecule has 3 heteroatoms. The predicted molar refractivity (Wildman–Crippen MR) is 50.3 cm³/mol. The minimum Gasteiger partial charge on any atom is -0.342 e. The fraction of sp³-hybridized carbons (Fsp3) is 0.111. The van der Waals surface area contributed by atoms with E-state index in [2.05, 4.69) is 16.9 Å². The van der Waals surface area contributed by atoms with E-state index in [0.717, 1.165) is 22.4 Å². The van der Waals surface area contributed by atoms with Gasteiger partial charge in [0.05, 0.1) is 11.0 Å². The maximum atomic E-state index is 5.85. The molecule has 1 heterocycles. The van der Waals surface area contributed by atoms with Gasteiger partial charge >= 0.3 is 0 Å². The number of aromatic amines is 1. The smallest absolute Gasteiger partial charge is 0.104 e. The van der Waals surface area contributed by atoms with Gasteiger partial charge in [-0.2, -0.15) is 0 Å². The quantitative estimate of drug-likeness (QED) is 0.662. The molecule has 0 spiro atoms. The Bertz CT molecular complexity index is 431. The van der Waals surface area contributed by atoms with Gasteiger partial charge in [0, 0.05) is 5.02 Å². The van der Waals surface area contributed by atoms with Crippen LogP contribution in [0.4, 0.5) is 0 Å². The van der Waals surface area contributed by atoms with E-state index in [1.54, 1.807) is 0 Å². The number of aryl methyl sites for hydroxylation is 1. The first-order valence-corrected chi connectivity index (χ1v) is 4.02. The van der Waals surface area contributed by atoms with Crippen LogP contribution in [-0.2, 0) is 0 Å². The maximum Gasteiger partial charge on any atom is 0.104 e. The summed E-state index contributed by atoms with van der Waals surface area (Å²) in [5.74, 6) is 0.886. The zero-order valence-corrected chi connectivity index (χ0v) is 7.44. The Balaban J connectivity index is 2.88. The van der Waals surface area contributed by atoms with Gasteiger partial charge in [0.15, 0.2) is 0 Å². The Morgan fingerprint density at radius 1 is 1.50 bits per heavy atom. The molecule has 1 aromatic heterocycles. The second-order valence-corrected chi connectivity index (χ2v) is 3.22. The van der Waals surface area contributed by atoms with Crippen molar-refractivity contribution >= 4 is 22.6 Å². The van der Waals surface area contributed by atoms with Crippen LogP contribution >= 0.6 is 11.6 Å². The number of imidazole rings is 1. The summed E-state index contributed by atoms with van der Waals surface area (Å²) in [6.07, 6.45) is 0. The number of halogens is 1. The summed E-state index contributed by atoms with van der Waals surface area (Å²) < 4.78 is 0. The third-order valence-electron chi connectivity index (χ3n) is 1.75. The van der Waals surface area contributed by atoms with Crippen molar-refractivity contribution in [2.24, 2.45) is 0 Å². The molecule has 12 heavy (non-hydrogen) atoms. The molecule has 2 rings (SSSR count). The molecule has 0 saturated heterocycles. The van der Waals surface area contributed by atoms with E-state index < -0.39 is 0 Å². The lowest BCUT2D eigenvalue weighted by Gasteiger charge is -1.94. The first-order valence-electron chi connectivity index (χ1n) is 3.64. The summed E-state index contributed by atoms with van der Waals surface area (Å²) >= 11 is 5.85. The van der Waals surface area contributed by atoms with Crippen LogP contribution in [-0.4, -0.2) is 9.97 Å². The van der Waals surface area contributed by atoms with Crippen molar-refractivity contribution in [2.45, 2.75) is 6.92 Å². The van der Waals surface area contributed by atoms with Gasteiger partial charge < -0.3 is 4.98 Å². The van der Waals surface area contributed by atoms with E-state index >= 15 is 0 Å². The molecule has 0 aliphatic heterocycles. The molecule has 0 bridgehead atoms. The van der Waals surface area contributed by atoms with E-state index in [9.17, 15) is 0 Å². The van der Waals surface area contributed by atoms with E-state index in [1.165, 1.54) is 0 Å². The van der Waals surface area contributed by atoms with Crippen molar-refractivity contribution in [1.82, 2.24) is 9.97 Å². The Kier molecular flexibility index (Phi) is 1.58. The van der Waals surface area contributed by atoms with E-state index in [-0.39, 0.29) is 0 Å². The Labute approximate surface area is 75.6 Å². The number of hydrogen-bond acceptors (Lipinski definition) is 1. The normalized spacial score (nSPS) is 10.9. The summed E-state index contributed by atoms with van der Waals surface area (Å²) in [6, 6.07) is 3.66. The van der Waals surface area contributed by atoms with Gasteiger partial charge in [0.25, 0.3) is 0 Å². The highest BCUT2D eigenvalue weighted by molar-refractivity contribution is 6.31. The number of H-pyrrole nitrogens is 1. The van der Waals surface area contributed by atoms with Crippen LogP contribution in [0.25, 0.3) is 11.0 Å². The minimum absolute atomic E-state index is 0.691. The average molecular weight is 180 g/mol. The summed E-state index contributed by atoms with van der Waals surface area (Å²) in [5, 5.41) is 0.691. The third kappa shape index (κ3) is 1.08. The number of nitrogens with one attached hydrogen (secondary N) is 1. The van der Waals surface area contributed by atoms with Crippen LogP contribution in [0.5, 0.6) is 0 Å². The van der Waals surface area contributed by atoms with Crippen molar-refractivity contribution in [3.8, 4) is 0 Å². The lowest BCUT2D eigenvalue weighted by molar-refractivity contribution is 1.17. The fourth-order valence-corrected chi connectivity index (χ4v) is 1.51. The van der Waals surface area contributed by atoms with Gasteiger partial charge in [0.1, 0.15) is 5.82 Å². The number of aromatic nitrogens is 2. The van der Waals surface area contributed by atoms with Crippen molar-refractivity contribution < 1.29 is 0 Å². The van der Waals surface area contributed by atoms with E-state index in [1.807, 2.05) is 19.1 Å². The molecular formula is C9H8ClN2. The summed E-state index contributed by atoms with van der Waals surface area (Å²) in [5.41, 5.74) is 2.71. The molecule has 0 fully saturated rings. The molecule has 2 aromatic rings. The molecule has 2 nitrogen and oxygen atoms in total. The fourth-order valence-electron chi connectivity index (χ4n) is 1.27. The monoisotopic (exact) mass is 179 g/mol. The molecule has 0 aliphatic carbocycles. The maximum absolute atomic E-state index is 5.85. The number of rotatable bonds is 0. The van der Waals surface area contributed by atoms with Gasteiger partial charge in [-0.1, -0.05) is 11.6 Å². The van der Waals surface area contributed by atoms with Crippen LogP contribution in [0, 0.1) is 13.8 Å². The van der Waals surface area contributed by atoms with E-state index in [4.69, 9.17) is 11.6 Å². The van der Waals surface area contributed by atoms with Crippen LogP contribution < -0.4 is 0 Å². The number of nitrogens with zero attached hydrogens (tertiary/aromatic N) is 1. The van der Waals surface area contributed by atoms with Crippen LogP contribution in [0.1, 0.15) is 11.4 Å². The molecule has 61 valence electrons. The zero-order valence-electron chi connectivity index (χ0n) is 6.69. The highest BCUT2D eigenvalue weighted by Gasteiger charge is 2.03. The first-order chi connectivity index (χ1) is 5.66. The molecule has 0 unspecified atom stereocenters. The lowest BCUT2D eigenvalue weighted by Crippen LogP contribution is -1.76. The molecular weight excluding hydrogens is 172 g/mol. The summed E-state index contributed by atoms with van der Waals surface area (Å²) in [4.78, 5) is 7.38. The lowest BCUT2D eigenvalue weighted by atomic mass is 10.2. The van der Waals surface area contributed by atoms with Gasteiger partial charge in [-0.3, -0.25) is 0 Å². The molecule has 0 saturated carbocycles. The standard InChI is InChI=1S/C9H8ClN2/c1-5-3-7(10)4-8-9(5)12-6(2)11-8/h3-4H,1H2,2H3,(H,11,12). The second-order valence-electron chi connectivity index (χ2n) is 2.78. The average Bonchev–Trinajstić information content (AvgIpc) is 2.29. The SMILES string of the molecule is [CH2]c1cc(Cl)cc2[nH]c(C)nc12. The molecule has 0 amide bonds. The van der Waals surface area contributed by atoms with Gasteiger partial charge in [0.2, 0.25) is 0 Å². The topological polar surface area (TPSA) is 28.7 Å². The zero-order chi connectivity index (χ0) is 8.72. The third-order valence-corrected chi connectivity index (χ3v) is 1.97. The van der Waals surface area contributed by atoms with Gasteiger partial charge in [-0.15, -0.1) is 0 Å². The molecule has 1 N–H and O–H groups in total. The minimum atomic E-state index is 0.691. The number of fused-ring (bicyclic) bond motifs is 1. The van der Waals surface area contributed by atoms with E-state index in [0.29, 0.717) is 5.02 Å². The Morgan fingerprint density at radius 2 is 2.25 bits per heavy atom. The highest BCUT2D eigenvalue weighted by Crippen LogP contribution is 2.21. The van der Waals surface area contributed by atoms with Crippen LogP contribution in [0.3, 0.4) is 0 Å². The van der Waals surface area contributed by atoms with Gasteiger partial charge in [-0.25, -0.2) is 4.98 Å². The first kappa shape index (κ1) is 7.62. The molecule has 1 aromatic carbocycles. The van der Waals surface area contributed by atoms with Crippen LogP contribution in [0.15, 0.2) is 12.1 Å². The summed E-state index contributed by atoms with van der Waals surface area (Å²) in [7, 11) is 0. The number of hydrogen-bond donors (Lipinski definition) is 1. The molecule has 0 aliphatic rings. The molecule has 1 radical (unpaired) electrons. The second kappa shape index (κ2) is 2.49. The van der Waals surface area contributed by atoms with Crippen molar-refractivity contribution in [2.75, 3.05) is 0 Å². The van der Waals surface area contributed by atoms with Crippen molar-refractivity contribution in [1.29, 1.82) is 0 Å². The van der Waals surface area contributed by atoms with Gasteiger partial charge in [-0.05, 0) is 31.5 Å².